The van der Waals surface area contributed by atoms with E-state index in [9.17, 15) is 13.6 Å². The zero-order valence-electron chi connectivity index (χ0n) is 15.9. The maximum Gasteiger partial charge on any atom is 0.255 e. The van der Waals surface area contributed by atoms with Gasteiger partial charge in [0.2, 0.25) is 0 Å². The molecule has 2 aromatic carbocycles. The van der Waals surface area contributed by atoms with Gasteiger partial charge in [0.05, 0.1) is 25.8 Å². The number of carbonyl (C=O) groups is 1. The molecule has 0 radical (unpaired) electrons. The minimum absolute atomic E-state index is 0.128. The summed E-state index contributed by atoms with van der Waals surface area (Å²) in [6, 6.07) is 7.72. The molecule has 152 valence electrons. The first-order chi connectivity index (χ1) is 13.8. The molecule has 0 spiro atoms. The summed E-state index contributed by atoms with van der Waals surface area (Å²) in [7, 11) is 3.05. The van der Waals surface area contributed by atoms with Crippen molar-refractivity contribution in [2.45, 2.75) is 13.0 Å². The molecule has 0 saturated carbocycles. The van der Waals surface area contributed by atoms with Crippen LogP contribution in [0.3, 0.4) is 0 Å². The van der Waals surface area contributed by atoms with Crippen LogP contribution in [0.25, 0.3) is 0 Å². The Balaban J connectivity index is 2.00. The van der Waals surface area contributed by atoms with Crippen molar-refractivity contribution in [1.29, 1.82) is 0 Å². The average molecular weight is 419 g/mol. The fraction of sp³-hybridized carbons (Fsp3) is 0.200. The van der Waals surface area contributed by atoms with Crippen molar-refractivity contribution in [2.24, 2.45) is 0 Å². The molecule has 3 rings (SSSR count). The zero-order valence-corrected chi connectivity index (χ0v) is 16.7. The Morgan fingerprint density at radius 2 is 1.86 bits per heavy atom. The highest BCUT2D eigenvalue weighted by atomic mass is 32.1. The normalized spacial score (nSPS) is 16.0. The SMILES string of the molecule is COc1ccc(C2NC(=S)NC(C)=C2C(=O)Nc2ccc(F)c(F)c2)c(OC)c1. The molecule has 1 amide bonds. The maximum atomic E-state index is 13.5. The van der Waals surface area contributed by atoms with Gasteiger partial charge in [-0.05, 0) is 43.4 Å². The van der Waals surface area contributed by atoms with Crippen LogP contribution in [-0.4, -0.2) is 25.2 Å². The molecule has 2 aromatic rings. The molecule has 29 heavy (non-hydrogen) atoms. The second-order valence-corrected chi connectivity index (χ2v) is 6.67. The van der Waals surface area contributed by atoms with Crippen LogP contribution in [0.1, 0.15) is 18.5 Å². The quantitative estimate of drug-likeness (QED) is 0.646. The van der Waals surface area contributed by atoms with Gasteiger partial charge in [0, 0.05) is 29.1 Å². The Hall–Kier alpha value is -3.20. The van der Waals surface area contributed by atoms with E-state index in [1.54, 1.807) is 25.1 Å². The van der Waals surface area contributed by atoms with Gasteiger partial charge in [-0.15, -0.1) is 0 Å². The number of rotatable bonds is 5. The van der Waals surface area contributed by atoms with E-state index in [1.807, 2.05) is 0 Å². The smallest absolute Gasteiger partial charge is 0.255 e. The van der Waals surface area contributed by atoms with E-state index in [-0.39, 0.29) is 5.69 Å². The molecule has 0 bridgehead atoms. The van der Waals surface area contributed by atoms with Crippen molar-refractivity contribution in [2.75, 3.05) is 19.5 Å². The number of hydrogen-bond donors (Lipinski definition) is 3. The molecular weight excluding hydrogens is 400 g/mol. The second-order valence-electron chi connectivity index (χ2n) is 6.26. The lowest BCUT2D eigenvalue weighted by atomic mass is 9.94. The standard InChI is InChI=1S/C20H19F2N3O3S/c1-10-17(19(26)24-11-4-7-14(21)15(22)8-11)18(25-20(29)23-10)13-6-5-12(27-2)9-16(13)28-3/h4-9,18H,1-3H3,(H,24,26)(H2,23,25,29). The van der Waals surface area contributed by atoms with Crippen LogP contribution in [0, 0.1) is 11.6 Å². The Kier molecular flexibility index (Phi) is 5.97. The molecule has 3 N–H and O–H groups in total. The summed E-state index contributed by atoms with van der Waals surface area (Å²) in [5.74, 6) is -1.46. The van der Waals surface area contributed by atoms with Gasteiger partial charge in [-0.25, -0.2) is 8.78 Å². The van der Waals surface area contributed by atoms with Gasteiger partial charge in [0.1, 0.15) is 11.5 Å². The third-order valence-electron chi connectivity index (χ3n) is 4.44. The first-order valence-electron chi connectivity index (χ1n) is 8.60. The highest BCUT2D eigenvalue weighted by Gasteiger charge is 2.32. The van der Waals surface area contributed by atoms with E-state index < -0.39 is 23.6 Å². The first kappa shape index (κ1) is 20.5. The van der Waals surface area contributed by atoms with E-state index in [2.05, 4.69) is 16.0 Å². The number of allylic oxidation sites excluding steroid dienone is 1. The van der Waals surface area contributed by atoms with Crippen molar-refractivity contribution in [3.63, 3.8) is 0 Å². The van der Waals surface area contributed by atoms with Gasteiger partial charge in [-0.2, -0.15) is 0 Å². The second kappa shape index (κ2) is 8.44. The number of benzene rings is 2. The van der Waals surface area contributed by atoms with Crippen molar-refractivity contribution in [3.05, 3.63) is 64.9 Å². The van der Waals surface area contributed by atoms with E-state index in [0.29, 0.717) is 33.4 Å². The van der Waals surface area contributed by atoms with E-state index in [0.717, 1.165) is 12.1 Å². The molecule has 0 aromatic heterocycles. The lowest BCUT2D eigenvalue weighted by Gasteiger charge is -2.31. The topological polar surface area (TPSA) is 71.6 Å². The molecule has 0 fully saturated rings. The summed E-state index contributed by atoms with van der Waals surface area (Å²) in [6.45, 7) is 1.70. The molecular formula is C20H19F2N3O3S. The van der Waals surface area contributed by atoms with Crippen molar-refractivity contribution >= 4 is 28.9 Å². The lowest BCUT2D eigenvalue weighted by molar-refractivity contribution is -0.113. The van der Waals surface area contributed by atoms with Crippen LogP contribution in [0.5, 0.6) is 11.5 Å². The summed E-state index contributed by atoms with van der Waals surface area (Å²) in [6.07, 6.45) is 0. The van der Waals surface area contributed by atoms with E-state index >= 15 is 0 Å². The Morgan fingerprint density at radius 3 is 2.52 bits per heavy atom. The molecule has 9 heteroatoms. The van der Waals surface area contributed by atoms with Gasteiger partial charge in [0.25, 0.3) is 5.91 Å². The summed E-state index contributed by atoms with van der Waals surface area (Å²) in [4.78, 5) is 13.0. The Bertz CT molecular complexity index is 1010. The number of amides is 1. The van der Waals surface area contributed by atoms with Crippen LogP contribution in [-0.2, 0) is 4.79 Å². The molecule has 1 aliphatic rings. The number of halogens is 2. The predicted molar refractivity (Wildman–Crippen MR) is 109 cm³/mol. The summed E-state index contributed by atoms with van der Waals surface area (Å²) in [5.41, 5.74) is 1.64. The molecule has 0 saturated heterocycles. The van der Waals surface area contributed by atoms with Gasteiger partial charge in [-0.1, -0.05) is 0 Å². The number of ether oxygens (including phenoxy) is 2. The highest BCUT2D eigenvalue weighted by molar-refractivity contribution is 7.80. The molecule has 1 atom stereocenters. The minimum atomic E-state index is -1.05. The Morgan fingerprint density at radius 1 is 1.10 bits per heavy atom. The molecule has 6 nitrogen and oxygen atoms in total. The van der Waals surface area contributed by atoms with Crippen molar-refractivity contribution in [1.82, 2.24) is 10.6 Å². The first-order valence-corrected chi connectivity index (χ1v) is 9.01. The van der Waals surface area contributed by atoms with Gasteiger partial charge in [0.15, 0.2) is 16.7 Å². The number of carbonyl (C=O) groups excluding carboxylic acids is 1. The van der Waals surface area contributed by atoms with E-state index in [4.69, 9.17) is 21.7 Å². The van der Waals surface area contributed by atoms with Crippen LogP contribution < -0.4 is 25.4 Å². The number of nitrogens with one attached hydrogen (secondary N) is 3. The van der Waals surface area contributed by atoms with Gasteiger partial charge in [-0.3, -0.25) is 4.79 Å². The Labute approximate surface area is 171 Å². The van der Waals surface area contributed by atoms with Crippen LogP contribution in [0.2, 0.25) is 0 Å². The predicted octanol–water partition coefficient (Wildman–Crippen LogP) is 3.41. The summed E-state index contributed by atoms with van der Waals surface area (Å²) in [5, 5.41) is 8.91. The summed E-state index contributed by atoms with van der Waals surface area (Å²) >= 11 is 5.24. The van der Waals surface area contributed by atoms with Crippen LogP contribution >= 0.6 is 12.2 Å². The van der Waals surface area contributed by atoms with Gasteiger partial charge < -0.3 is 25.4 Å². The molecule has 1 heterocycles. The number of methoxy groups -OCH3 is 2. The maximum absolute atomic E-state index is 13.5. The third-order valence-corrected chi connectivity index (χ3v) is 4.66. The molecule has 1 unspecified atom stereocenters. The van der Waals surface area contributed by atoms with Crippen LogP contribution in [0.15, 0.2) is 47.7 Å². The minimum Gasteiger partial charge on any atom is -0.497 e. The number of thiocarbonyl (C=S) groups is 1. The number of anilines is 1. The highest BCUT2D eigenvalue weighted by Crippen LogP contribution is 2.35. The lowest BCUT2D eigenvalue weighted by Crippen LogP contribution is -2.45. The summed E-state index contributed by atoms with van der Waals surface area (Å²) < 4.78 is 37.3. The van der Waals surface area contributed by atoms with Gasteiger partial charge >= 0.3 is 0 Å². The fourth-order valence-electron chi connectivity index (χ4n) is 3.06. The average Bonchev–Trinajstić information content (AvgIpc) is 2.69. The number of hydrogen-bond acceptors (Lipinski definition) is 4. The van der Waals surface area contributed by atoms with Crippen molar-refractivity contribution in [3.8, 4) is 11.5 Å². The molecule has 1 aliphatic heterocycles. The van der Waals surface area contributed by atoms with Crippen LogP contribution in [0.4, 0.5) is 14.5 Å². The third kappa shape index (κ3) is 4.29. The molecule has 0 aliphatic carbocycles. The van der Waals surface area contributed by atoms with Crippen molar-refractivity contribution < 1.29 is 23.0 Å². The van der Waals surface area contributed by atoms with E-state index in [1.165, 1.54) is 20.3 Å². The monoisotopic (exact) mass is 419 g/mol. The largest absolute Gasteiger partial charge is 0.497 e. The fourth-order valence-corrected chi connectivity index (χ4v) is 3.33. The zero-order chi connectivity index (χ0) is 21.1.